The molecule has 2 N–H and O–H groups in total. The van der Waals surface area contributed by atoms with Gasteiger partial charge in [-0.25, -0.2) is 4.39 Å². The Bertz CT molecular complexity index is 677. The summed E-state index contributed by atoms with van der Waals surface area (Å²) in [7, 11) is 0. The van der Waals surface area contributed by atoms with Crippen LogP contribution in [0.2, 0.25) is 0 Å². The van der Waals surface area contributed by atoms with E-state index in [9.17, 15) is 14.0 Å². The van der Waals surface area contributed by atoms with Crippen molar-refractivity contribution in [3.8, 4) is 0 Å². The number of hydrogen-bond donors (Lipinski definition) is 2. The summed E-state index contributed by atoms with van der Waals surface area (Å²) in [5.41, 5.74) is 5.86. The standard InChI is InChI=1S/C15H13FN2O2S/c1-10-8-9-21-13(10)6-7-14(19)17-18-15(20)11-2-4-12(16)5-3-11/h2-9H,1H3,(H,17,19)(H,18,20)/b7-6+. The molecule has 1 aromatic carbocycles. The lowest BCUT2D eigenvalue weighted by Gasteiger charge is -2.05. The van der Waals surface area contributed by atoms with Crippen molar-refractivity contribution in [3.63, 3.8) is 0 Å². The quantitative estimate of drug-likeness (QED) is 0.676. The minimum atomic E-state index is -0.510. The number of hydrazine groups is 1. The molecule has 6 heteroatoms. The smallest absolute Gasteiger partial charge is 0.268 e. The average Bonchev–Trinajstić information content (AvgIpc) is 2.88. The van der Waals surface area contributed by atoms with Gasteiger partial charge < -0.3 is 0 Å². The zero-order valence-electron chi connectivity index (χ0n) is 11.2. The summed E-state index contributed by atoms with van der Waals surface area (Å²) in [5, 5.41) is 1.93. The first-order valence-corrected chi connectivity index (χ1v) is 7.02. The predicted molar refractivity (Wildman–Crippen MR) is 80.1 cm³/mol. The number of rotatable bonds is 3. The summed E-state index contributed by atoms with van der Waals surface area (Å²) < 4.78 is 12.7. The molecular weight excluding hydrogens is 291 g/mol. The molecule has 21 heavy (non-hydrogen) atoms. The van der Waals surface area contributed by atoms with E-state index in [1.807, 2.05) is 18.4 Å². The van der Waals surface area contributed by atoms with Gasteiger partial charge in [0.15, 0.2) is 0 Å². The molecule has 0 bridgehead atoms. The Morgan fingerprint density at radius 3 is 2.48 bits per heavy atom. The summed E-state index contributed by atoms with van der Waals surface area (Å²) >= 11 is 1.52. The number of carbonyl (C=O) groups excluding carboxylic acids is 2. The molecule has 2 aromatic rings. The molecule has 0 saturated carbocycles. The fourth-order valence-corrected chi connectivity index (χ4v) is 2.36. The third-order valence-electron chi connectivity index (χ3n) is 2.69. The van der Waals surface area contributed by atoms with Crippen molar-refractivity contribution in [2.24, 2.45) is 0 Å². The van der Waals surface area contributed by atoms with Crippen molar-refractivity contribution in [2.45, 2.75) is 6.92 Å². The van der Waals surface area contributed by atoms with Crippen LogP contribution in [-0.2, 0) is 4.79 Å². The zero-order chi connectivity index (χ0) is 15.2. The van der Waals surface area contributed by atoms with Crippen molar-refractivity contribution < 1.29 is 14.0 Å². The minimum Gasteiger partial charge on any atom is -0.268 e. The lowest BCUT2D eigenvalue weighted by atomic mass is 10.2. The lowest BCUT2D eigenvalue weighted by Crippen LogP contribution is -2.40. The van der Waals surface area contributed by atoms with Gasteiger partial charge in [0.1, 0.15) is 5.82 Å². The van der Waals surface area contributed by atoms with E-state index in [4.69, 9.17) is 0 Å². The molecule has 1 aromatic heterocycles. The second kappa shape index (κ2) is 6.81. The molecule has 0 aliphatic rings. The van der Waals surface area contributed by atoms with Gasteiger partial charge in [-0.1, -0.05) is 0 Å². The zero-order valence-corrected chi connectivity index (χ0v) is 12.0. The maximum Gasteiger partial charge on any atom is 0.269 e. The number of halogens is 1. The molecule has 108 valence electrons. The molecule has 1 heterocycles. The van der Waals surface area contributed by atoms with Crippen molar-refractivity contribution in [3.05, 3.63) is 63.6 Å². The van der Waals surface area contributed by atoms with Crippen LogP contribution in [0.5, 0.6) is 0 Å². The molecule has 0 aliphatic heterocycles. The summed E-state index contributed by atoms with van der Waals surface area (Å²) in [6.07, 6.45) is 3.02. The Kier molecular flexibility index (Phi) is 4.84. The molecule has 0 spiro atoms. The van der Waals surface area contributed by atoms with Crippen molar-refractivity contribution >= 4 is 29.2 Å². The largest absolute Gasteiger partial charge is 0.269 e. The Hall–Kier alpha value is -2.47. The molecule has 2 rings (SSSR count). The number of hydrogen-bond acceptors (Lipinski definition) is 3. The molecule has 0 fully saturated rings. The fourth-order valence-electron chi connectivity index (χ4n) is 1.54. The Labute approximate surface area is 125 Å². The fraction of sp³-hybridized carbons (Fsp3) is 0.0667. The monoisotopic (exact) mass is 304 g/mol. The molecule has 0 unspecified atom stereocenters. The van der Waals surface area contributed by atoms with Crippen LogP contribution in [0, 0.1) is 12.7 Å². The predicted octanol–water partition coefficient (Wildman–Crippen LogP) is 2.67. The number of thiophene rings is 1. The molecule has 0 radical (unpaired) electrons. The van der Waals surface area contributed by atoms with Gasteiger partial charge in [0, 0.05) is 16.5 Å². The van der Waals surface area contributed by atoms with Crippen molar-refractivity contribution in [1.82, 2.24) is 10.9 Å². The topological polar surface area (TPSA) is 58.2 Å². The van der Waals surface area contributed by atoms with Crippen molar-refractivity contribution in [2.75, 3.05) is 0 Å². The normalized spacial score (nSPS) is 10.6. The Balaban J connectivity index is 1.86. The first kappa shape index (κ1) is 14.9. The van der Waals surface area contributed by atoms with Gasteiger partial charge in [-0.05, 0) is 54.3 Å². The summed E-state index contributed by atoms with van der Waals surface area (Å²) in [5.74, 6) is -1.38. The van der Waals surface area contributed by atoms with Gasteiger partial charge in [-0.2, -0.15) is 0 Å². The highest BCUT2D eigenvalue weighted by Crippen LogP contribution is 2.16. The first-order valence-electron chi connectivity index (χ1n) is 6.14. The summed E-state index contributed by atoms with van der Waals surface area (Å²) in [6.45, 7) is 1.95. The Morgan fingerprint density at radius 2 is 1.86 bits per heavy atom. The molecule has 0 aliphatic carbocycles. The SMILES string of the molecule is Cc1ccsc1/C=C/C(=O)NNC(=O)c1ccc(F)cc1. The third kappa shape index (κ3) is 4.25. The van der Waals surface area contributed by atoms with Crippen molar-refractivity contribution in [1.29, 1.82) is 0 Å². The number of aryl methyl sites for hydroxylation is 1. The molecule has 2 amide bonds. The Morgan fingerprint density at radius 1 is 1.14 bits per heavy atom. The highest BCUT2D eigenvalue weighted by molar-refractivity contribution is 7.11. The van der Waals surface area contributed by atoms with E-state index in [0.717, 1.165) is 10.4 Å². The first-order chi connectivity index (χ1) is 10.1. The highest BCUT2D eigenvalue weighted by Gasteiger charge is 2.06. The van der Waals surface area contributed by atoms with Gasteiger partial charge in [-0.15, -0.1) is 11.3 Å². The lowest BCUT2D eigenvalue weighted by molar-refractivity contribution is -0.117. The maximum absolute atomic E-state index is 12.7. The van der Waals surface area contributed by atoms with Crippen LogP contribution in [0.1, 0.15) is 20.8 Å². The van der Waals surface area contributed by atoms with E-state index in [-0.39, 0.29) is 5.56 Å². The van der Waals surface area contributed by atoms with Crippen LogP contribution in [0.4, 0.5) is 4.39 Å². The van der Waals surface area contributed by atoms with Crippen LogP contribution in [0.25, 0.3) is 6.08 Å². The van der Waals surface area contributed by atoms with E-state index in [1.54, 1.807) is 6.08 Å². The second-order valence-electron chi connectivity index (χ2n) is 4.25. The number of benzene rings is 1. The molecule has 0 saturated heterocycles. The summed E-state index contributed by atoms with van der Waals surface area (Å²) in [4.78, 5) is 24.2. The highest BCUT2D eigenvalue weighted by atomic mass is 32.1. The maximum atomic E-state index is 12.7. The summed E-state index contributed by atoms with van der Waals surface area (Å²) in [6, 6.07) is 6.98. The average molecular weight is 304 g/mol. The van der Waals surface area contributed by atoms with Gasteiger partial charge in [-0.3, -0.25) is 20.4 Å². The number of amides is 2. The molecule has 4 nitrogen and oxygen atoms in total. The third-order valence-corrected chi connectivity index (χ3v) is 3.68. The van der Waals surface area contributed by atoms with Gasteiger partial charge in [0.2, 0.25) is 0 Å². The van der Waals surface area contributed by atoms with Crippen LogP contribution in [0.3, 0.4) is 0 Å². The van der Waals surface area contributed by atoms with E-state index in [2.05, 4.69) is 10.9 Å². The number of nitrogens with one attached hydrogen (secondary N) is 2. The van der Waals surface area contributed by atoms with Gasteiger partial charge in [0.05, 0.1) is 0 Å². The second-order valence-corrected chi connectivity index (χ2v) is 5.20. The van der Waals surface area contributed by atoms with E-state index in [1.165, 1.54) is 41.7 Å². The van der Waals surface area contributed by atoms with Crippen LogP contribution in [0.15, 0.2) is 41.8 Å². The van der Waals surface area contributed by atoms with Gasteiger partial charge in [0.25, 0.3) is 11.8 Å². The molecule has 0 atom stereocenters. The molecular formula is C15H13FN2O2S. The van der Waals surface area contributed by atoms with Crippen LogP contribution >= 0.6 is 11.3 Å². The minimum absolute atomic E-state index is 0.259. The van der Waals surface area contributed by atoms with Crippen LogP contribution in [-0.4, -0.2) is 11.8 Å². The number of carbonyl (C=O) groups is 2. The van der Waals surface area contributed by atoms with E-state index in [0.29, 0.717) is 0 Å². The van der Waals surface area contributed by atoms with E-state index < -0.39 is 17.6 Å². The van der Waals surface area contributed by atoms with E-state index >= 15 is 0 Å². The van der Waals surface area contributed by atoms with Gasteiger partial charge >= 0.3 is 0 Å². The van der Waals surface area contributed by atoms with Crippen LogP contribution < -0.4 is 10.9 Å².